The lowest BCUT2D eigenvalue weighted by molar-refractivity contribution is -0.175. The Kier molecular flexibility index (Phi) is 21.0. The number of Topliss-reactive ketones (excluding diaryl/α,β-unsaturated/α-hetero) is 1. The molecule has 0 aliphatic carbocycles. The van der Waals surface area contributed by atoms with E-state index in [0.29, 0.717) is 37.0 Å². The molecule has 1 rings (SSSR count). The van der Waals surface area contributed by atoms with Crippen molar-refractivity contribution in [2.45, 2.75) is 115 Å². The molecule has 1 amide bonds. The second kappa shape index (κ2) is 24.0. The molecule has 3 N–H and O–H groups in total. The van der Waals surface area contributed by atoms with Crippen LogP contribution in [0.15, 0.2) is 36.4 Å². The lowest BCUT2D eigenvalue weighted by Gasteiger charge is -2.31. The van der Waals surface area contributed by atoms with Gasteiger partial charge in [0.15, 0.2) is 5.60 Å². The SMILES string of the molecule is CC#CCOc1ccc(C[C@H](NC(=O)[C@@H](C=CCCCCCCC(=O)CCCCCCC)[C@@](O)(CC(=O)O)C(=O)OC)C(=O)OC)cc1. The molecule has 0 radical (unpaired) electrons. The van der Waals surface area contributed by atoms with E-state index >= 15 is 0 Å². The van der Waals surface area contributed by atoms with E-state index < -0.39 is 47.8 Å². The van der Waals surface area contributed by atoms with Crippen LogP contribution >= 0.6 is 0 Å². The van der Waals surface area contributed by atoms with Crippen LogP contribution in [0, 0.1) is 17.8 Å². The van der Waals surface area contributed by atoms with Crippen molar-refractivity contribution in [1.29, 1.82) is 0 Å². The lowest BCUT2D eigenvalue weighted by Crippen LogP contribution is -2.56. The molecule has 266 valence electrons. The number of allylic oxidation sites excluding steroid dienone is 1. The molecule has 0 aromatic heterocycles. The Hall–Kier alpha value is -4.17. The van der Waals surface area contributed by atoms with Gasteiger partial charge in [0.25, 0.3) is 0 Å². The zero-order valence-electron chi connectivity index (χ0n) is 28.9. The number of carboxylic acid groups (broad SMARTS) is 1. The number of benzene rings is 1. The van der Waals surface area contributed by atoms with Gasteiger partial charge in [0.05, 0.1) is 26.6 Å². The largest absolute Gasteiger partial charge is 0.481 e. The lowest BCUT2D eigenvalue weighted by atomic mass is 9.82. The molecule has 0 aliphatic rings. The van der Waals surface area contributed by atoms with Crippen molar-refractivity contribution in [3.8, 4) is 17.6 Å². The van der Waals surface area contributed by atoms with Crippen LogP contribution in [0.5, 0.6) is 5.75 Å². The summed E-state index contributed by atoms with van der Waals surface area (Å²) in [6.45, 7) is 4.07. The van der Waals surface area contributed by atoms with Gasteiger partial charge in [-0.3, -0.25) is 14.4 Å². The van der Waals surface area contributed by atoms with Crippen molar-refractivity contribution in [1.82, 2.24) is 5.32 Å². The minimum atomic E-state index is -2.75. The average Bonchev–Trinajstić information content (AvgIpc) is 3.06. The van der Waals surface area contributed by atoms with E-state index in [2.05, 4.69) is 24.1 Å². The molecule has 0 unspecified atom stereocenters. The van der Waals surface area contributed by atoms with Crippen molar-refractivity contribution < 1.29 is 48.4 Å². The molecule has 48 heavy (non-hydrogen) atoms. The summed E-state index contributed by atoms with van der Waals surface area (Å²) in [5, 5.41) is 23.3. The third-order valence-corrected chi connectivity index (χ3v) is 7.87. The molecule has 0 saturated carbocycles. The summed E-state index contributed by atoms with van der Waals surface area (Å²) in [7, 11) is 2.13. The summed E-state index contributed by atoms with van der Waals surface area (Å²) in [5.74, 6) is 0.106. The molecule has 11 nitrogen and oxygen atoms in total. The van der Waals surface area contributed by atoms with Gasteiger partial charge in [-0.1, -0.05) is 75.7 Å². The quantitative estimate of drug-likeness (QED) is 0.0550. The second-order valence-electron chi connectivity index (χ2n) is 11.7. The number of nitrogens with one attached hydrogen (secondary N) is 1. The summed E-state index contributed by atoms with van der Waals surface area (Å²) in [4.78, 5) is 62.8. The van der Waals surface area contributed by atoms with Crippen LogP contribution in [0.25, 0.3) is 0 Å². The van der Waals surface area contributed by atoms with Gasteiger partial charge in [0.1, 0.15) is 24.2 Å². The number of methoxy groups -OCH3 is 2. The van der Waals surface area contributed by atoms with Gasteiger partial charge in [-0.25, -0.2) is 9.59 Å². The summed E-state index contributed by atoms with van der Waals surface area (Å²) in [6.07, 6.45) is 12.2. The highest BCUT2D eigenvalue weighted by Gasteiger charge is 2.50. The number of hydrogen-bond acceptors (Lipinski definition) is 9. The molecule has 0 spiro atoms. The third-order valence-electron chi connectivity index (χ3n) is 7.87. The Labute approximate surface area is 284 Å². The number of aliphatic hydroxyl groups is 1. The maximum absolute atomic E-state index is 13.6. The van der Waals surface area contributed by atoms with Crippen LogP contribution < -0.4 is 10.1 Å². The monoisotopic (exact) mass is 671 g/mol. The van der Waals surface area contributed by atoms with Crippen molar-refractivity contribution in [2.24, 2.45) is 5.92 Å². The number of carbonyl (C=O) groups excluding carboxylic acids is 4. The van der Waals surface area contributed by atoms with Crippen LogP contribution in [0.2, 0.25) is 0 Å². The third kappa shape index (κ3) is 16.1. The number of aliphatic carboxylic acids is 1. The number of ether oxygens (including phenoxy) is 3. The number of hydrogen-bond donors (Lipinski definition) is 3. The Morgan fingerprint density at radius 1 is 0.917 bits per heavy atom. The Bertz CT molecular complexity index is 1250. The topological polar surface area (TPSA) is 166 Å². The summed E-state index contributed by atoms with van der Waals surface area (Å²) in [6, 6.07) is 5.55. The summed E-state index contributed by atoms with van der Waals surface area (Å²) < 4.78 is 15.1. The van der Waals surface area contributed by atoms with Crippen molar-refractivity contribution in [2.75, 3.05) is 20.8 Å². The molecule has 0 fully saturated rings. The summed E-state index contributed by atoms with van der Waals surface area (Å²) >= 11 is 0. The molecular weight excluding hydrogens is 618 g/mol. The standard InChI is InChI=1S/C37H53NO10/c1-5-7-9-12-15-18-29(39)19-16-13-10-11-14-17-20-31(37(45,27-33(40)41)36(44)47-4)34(42)38-32(35(43)46-3)26-28-21-23-30(24-22-28)48-25-8-6-2/h17,20-24,31-32,45H,5,7,9-16,18-19,25-27H2,1-4H3,(H,38,42)(H,40,41)/t31-,32+,37+/m1/s1. The summed E-state index contributed by atoms with van der Waals surface area (Å²) in [5.41, 5.74) is -2.10. The van der Waals surface area contributed by atoms with E-state index in [1.54, 1.807) is 37.3 Å². The van der Waals surface area contributed by atoms with Crippen molar-refractivity contribution >= 4 is 29.6 Å². The fraction of sp³-hybridized carbons (Fsp3) is 0.595. The predicted octanol–water partition coefficient (Wildman–Crippen LogP) is 5.11. The Morgan fingerprint density at radius 3 is 2.10 bits per heavy atom. The molecule has 3 atom stereocenters. The normalized spacial score (nSPS) is 13.4. The van der Waals surface area contributed by atoms with E-state index in [-0.39, 0.29) is 18.8 Å². The minimum absolute atomic E-state index is 0.000830. The molecule has 1 aromatic carbocycles. The number of ketones is 1. The molecule has 11 heteroatoms. The average molecular weight is 672 g/mol. The molecule has 0 bridgehead atoms. The zero-order valence-corrected chi connectivity index (χ0v) is 28.9. The van der Waals surface area contributed by atoms with E-state index in [4.69, 9.17) is 14.2 Å². The number of carbonyl (C=O) groups is 5. The van der Waals surface area contributed by atoms with Crippen LogP contribution in [0.1, 0.15) is 103 Å². The fourth-order valence-electron chi connectivity index (χ4n) is 5.15. The molecule has 0 heterocycles. The van der Waals surface area contributed by atoms with Gasteiger partial charge < -0.3 is 29.7 Å². The molecule has 1 aromatic rings. The minimum Gasteiger partial charge on any atom is -0.481 e. The van der Waals surface area contributed by atoms with Gasteiger partial charge in [-0.15, -0.1) is 5.92 Å². The van der Waals surface area contributed by atoms with Crippen LogP contribution in [0.3, 0.4) is 0 Å². The Morgan fingerprint density at radius 2 is 1.54 bits per heavy atom. The van der Waals surface area contributed by atoms with E-state index in [1.807, 2.05) is 0 Å². The van der Waals surface area contributed by atoms with E-state index in [1.165, 1.54) is 25.3 Å². The van der Waals surface area contributed by atoms with Crippen LogP contribution in [0.4, 0.5) is 0 Å². The first kappa shape index (κ1) is 41.9. The highest BCUT2D eigenvalue weighted by Crippen LogP contribution is 2.27. The molecule has 0 aliphatic heterocycles. The van der Waals surface area contributed by atoms with Crippen molar-refractivity contribution in [3.63, 3.8) is 0 Å². The smallest absolute Gasteiger partial charge is 0.339 e. The molecule has 0 saturated heterocycles. The van der Waals surface area contributed by atoms with Crippen LogP contribution in [-0.4, -0.2) is 72.3 Å². The maximum atomic E-state index is 13.6. The number of carboxylic acids is 1. The van der Waals surface area contributed by atoms with Gasteiger partial charge >= 0.3 is 17.9 Å². The first-order valence-electron chi connectivity index (χ1n) is 16.7. The van der Waals surface area contributed by atoms with Crippen LogP contribution in [-0.2, 0) is 39.9 Å². The van der Waals surface area contributed by atoms with Crippen molar-refractivity contribution in [3.05, 3.63) is 42.0 Å². The van der Waals surface area contributed by atoms with Gasteiger partial charge in [-0.2, -0.15) is 0 Å². The first-order chi connectivity index (χ1) is 23.0. The number of rotatable bonds is 25. The Balaban J connectivity index is 2.95. The first-order valence-corrected chi connectivity index (χ1v) is 16.7. The van der Waals surface area contributed by atoms with Gasteiger partial charge in [0.2, 0.25) is 5.91 Å². The van der Waals surface area contributed by atoms with Gasteiger partial charge in [-0.05, 0) is 50.3 Å². The highest BCUT2D eigenvalue weighted by atomic mass is 16.5. The highest BCUT2D eigenvalue weighted by molar-refractivity contribution is 5.95. The van der Waals surface area contributed by atoms with E-state index in [9.17, 15) is 34.2 Å². The maximum Gasteiger partial charge on any atom is 0.339 e. The zero-order chi connectivity index (χ0) is 35.8. The predicted molar refractivity (Wildman–Crippen MR) is 181 cm³/mol. The number of amides is 1. The van der Waals surface area contributed by atoms with E-state index in [0.717, 1.165) is 46.3 Å². The number of esters is 2. The second-order valence-corrected chi connectivity index (χ2v) is 11.7. The molecular formula is C37H53NO10. The number of unbranched alkanes of at least 4 members (excludes halogenated alkanes) is 8. The van der Waals surface area contributed by atoms with Gasteiger partial charge in [0, 0.05) is 19.3 Å². The fourth-order valence-corrected chi connectivity index (χ4v) is 5.15.